The zero-order chi connectivity index (χ0) is 9.03. The van der Waals surface area contributed by atoms with Gasteiger partial charge in [-0.25, -0.2) is 0 Å². The SMILES string of the molecule is CC#CC1(O)CCNCC1CC. The molecule has 0 aromatic carbocycles. The summed E-state index contributed by atoms with van der Waals surface area (Å²) in [5.41, 5.74) is -0.727. The van der Waals surface area contributed by atoms with Crippen molar-refractivity contribution in [3.05, 3.63) is 0 Å². The Kier molecular flexibility index (Phi) is 3.13. The van der Waals surface area contributed by atoms with E-state index < -0.39 is 5.60 Å². The van der Waals surface area contributed by atoms with E-state index in [1.807, 2.05) is 0 Å². The van der Waals surface area contributed by atoms with Crippen LogP contribution in [0.3, 0.4) is 0 Å². The van der Waals surface area contributed by atoms with Crippen molar-refractivity contribution < 1.29 is 5.11 Å². The van der Waals surface area contributed by atoms with Crippen LogP contribution in [0.5, 0.6) is 0 Å². The minimum absolute atomic E-state index is 0.290. The molecule has 1 heterocycles. The van der Waals surface area contributed by atoms with Crippen molar-refractivity contribution in [2.24, 2.45) is 5.92 Å². The highest BCUT2D eigenvalue weighted by Gasteiger charge is 2.35. The maximum absolute atomic E-state index is 10.1. The van der Waals surface area contributed by atoms with Crippen molar-refractivity contribution in [3.8, 4) is 11.8 Å². The van der Waals surface area contributed by atoms with E-state index in [0.29, 0.717) is 5.92 Å². The van der Waals surface area contributed by atoms with Gasteiger partial charge in [-0.15, -0.1) is 5.92 Å². The molecule has 2 unspecified atom stereocenters. The molecule has 1 fully saturated rings. The van der Waals surface area contributed by atoms with Crippen molar-refractivity contribution in [2.75, 3.05) is 13.1 Å². The number of aliphatic hydroxyl groups is 1. The molecule has 12 heavy (non-hydrogen) atoms. The highest BCUT2D eigenvalue weighted by atomic mass is 16.3. The van der Waals surface area contributed by atoms with Crippen molar-refractivity contribution in [2.45, 2.75) is 32.3 Å². The first-order valence-corrected chi connectivity index (χ1v) is 4.60. The van der Waals surface area contributed by atoms with Gasteiger partial charge in [-0.3, -0.25) is 0 Å². The Morgan fingerprint density at radius 1 is 1.67 bits per heavy atom. The molecule has 0 radical (unpaired) electrons. The Morgan fingerprint density at radius 2 is 2.42 bits per heavy atom. The maximum atomic E-state index is 10.1. The van der Waals surface area contributed by atoms with E-state index in [2.05, 4.69) is 24.1 Å². The summed E-state index contributed by atoms with van der Waals surface area (Å²) in [6, 6.07) is 0. The van der Waals surface area contributed by atoms with Crippen LogP contribution in [0.4, 0.5) is 0 Å². The normalized spacial score (nSPS) is 35.4. The molecule has 1 saturated heterocycles. The molecule has 0 saturated carbocycles. The van der Waals surface area contributed by atoms with Crippen LogP contribution >= 0.6 is 0 Å². The standard InChI is InChI=1S/C10H17NO/c1-3-5-10(12)6-7-11-8-9(10)4-2/h9,11-12H,4,6-8H2,1-2H3. The van der Waals surface area contributed by atoms with Crippen molar-refractivity contribution in [1.82, 2.24) is 5.32 Å². The Labute approximate surface area is 74.4 Å². The van der Waals surface area contributed by atoms with E-state index in [9.17, 15) is 5.11 Å². The molecule has 2 heteroatoms. The second-order valence-corrected chi connectivity index (χ2v) is 3.36. The van der Waals surface area contributed by atoms with Gasteiger partial charge >= 0.3 is 0 Å². The van der Waals surface area contributed by atoms with E-state index in [0.717, 1.165) is 25.9 Å². The van der Waals surface area contributed by atoms with Gasteiger partial charge in [-0.05, 0) is 19.9 Å². The van der Waals surface area contributed by atoms with E-state index in [1.54, 1.807) is 6.92 Å². The smallest absolute Gasteiger partial charge is 0.130 e. The van der Waals surface area contributed by atoms with Gasteiger partial charge in [0.15, 0.2) is 0 Å². The molecule has 2 N–H and O–H groups in total. The molecular weight excluding hydrogens is 150 g/mol. The second-order valence-electron chi connectivity index (χ2n) is 3.36. The van der Waals surface area contributed by atoms with Gasteiger partial charge in [-0.1, -0.05) is 12.8 Å². The van der Waals surface area contributed by atoms with Crippen LogP contribution < -0.4 is 5.32 Å². The average molecular weight is 167 g/mol. The van der Waals surface area contributed by atoms with Crippen molar-refractivity contribution in [1.29, 1.82) is 0 Å². The van der Waals surface area contributed by atoms with Crippen LogP contribution in [0.1, 0.15) is 26.7 Å². The van der Waals surface area contributed by atoms with E-state index in [1.165, 1.54) is 0 Å². The molecule has 0 aromatic rings. The summed E-state index contributed by atoms with van der Waals surface area (Å²) in [6.07, 6.45) is 1.74. The van der Waals surface area contributed by atoms with E-state index >= 15 is 0 Å². The van der Waals surface area contributed by atoms with E-state index in [4.69, 9.17) is 0 Å². The van der Waals surface area contributed by atoms with Gasteiger partial charge in [0.05, 0.1) is 0 Å². The average Bonchev–Trinajstić information content (AvgIpc) is 2.05. The van der Waals surface area contributed by atoms with Crippen LogP contribution in [0.15, 0.2) is 0 Å². The van der Waals surface area contributed by atoms with Crippen LogP contribution in [0.25, 0.3) is 0 Å². The van der Waals surface area contributed by atoms with Gasteiger partial charge in [0, 0.05) is 18.9 Å². The number of hydrogen-bond donors (Lipinski definition) is 2. The van der Waals surface area contributed by atoms with Gasteiger partial charge in [-0.2, -0.15) is 0 Å². The summed E-state index contributed by atoms with van der Waals surface area (Å²) in [4.78, 5) is 0. The van der Waals surface area contributed by atoms with Crippen LogP contribution in [0, 0.1) is 17.8 Å². The molecule has 1 aliphatic rings. The third kappa shape index (κ3) is 1.80. The Bertz CT molecular complexity index is 204. The zero-order valence-corrected chi connectivity index (χ0v) is 7.85. The lowest BCUT2D eigenvalue weighted by Crippen LogP contribution is -2.49. The molecule has 0 spiro atoms. The zero-order valence-electron chi connectivity index (χ0n) is 7.85. The molecule has 68 valence electrons. The molecular formula is C10H17NO. The van der Waals surface area contributed by atoms with Crippen LogP contribution in [0.2, 0.25) is 0 Å². The summed E-state index contributed by atoms with van der Waals surface area (Å²) in [6.45, 7) is 5.65. The Hall–Kier alpha value is -0.520. The highest BCUT2D eigenvalue weighted by Crippen LogP contribution is 2.26. The first-order valence-electron chi connectivity index (χ1n) is 4.60. The van der Waals surface area contributed by atoms with Gasteiger partial charge < -0.3 is 10.4 Å². The minimum Gasteiger partial charge on any atom is -0.377 e. The third-order valence-electron chi connectivity index (χ3n) is 2.58. The molecule has 1 rings (SSSR count). The molecule has 0 aromatic heterocycles. The summed E-state index contributed by atoms with van der Waals surface area (Å²) in [5, 5.41) is 13.4. The topological polar surface area (TPSA) is 32.3 Å². The predicted octanol–water partition coefficient (Wildman–Crippen LogP) is 0.760. The van der Waals surface area contributed by atoms with Crippen LogP contribution in [-0.2, 0) is 0 Å². The number of rotatable bonds is 1. The largest absolute Gasteiger partial charge is 0.377 e. The second kappa shape index (κ2) is 3.93. The molecule has 0 amide bonds. The Balaban J connectivity index is 2.73. The fraction of sp³-hybridized carbons (Fsp3) is 0.800. The summed E-state index contributed by atoms with van der Waals surface area (Å²) in [5.74, 6) is 6.03. The lowest BCUT2D eigenvalue weighted by molar-refractivity contribution is 0.0112. The summed E-state index contributed by atoms with van der Waals surface area (Å²) in [7, 11) is 0. The van der Waals surface area contributed by atoms with Crippen molar-refractivity contribution in [3.63, 3.8) is 0 Å². The summed E-state index contributed by atoms with van der Waals surface area (Å²) >= 11 is 0. The van der Waals surface area contributed by atoms with Gasteiger partial charge in [0.2, 0.25) is 0 Å². The monoisotopic (exact) mass is 167 g/mol. The maximum Gasteiger partial charge on any atom is 0.130 e. The first kappa shape index (κ1) is 9.57. The minimum atomic E-state index is -0.727. The first-order chi connectivity index (χ1) is 5.73. The lowest BCUT2D eigenvalue weighted by atomic mass is 9.80. The van der Waals surface area contributed by atoms with Crippen molar-refractivity contribution >= 4 is 0 Å². The number of piperidine rings is 1. The molecule has 2 atom stereocenters. The molecule has 1 aliphatic heterocycles. The molecule has 0 bridgehead atoms. The highest BCUT2D eigenvalue weighted by molar-refractivity contribution is 5.16. The Morgan fingerprint density at radius 3 is 3.00 bits per heavy atom. The predicted molar refractivity (Wildman–Crippen MR) is 49.7 cm³/mol. The van der Waals surface area contributed by atoms with Gasteiger partial charge in [0.25, 0.3) is 0 Å². The fourth-order valence-corrected chi connectivity index (χ4v) is 1.79. The fourth-order valence-electron chi connectivity index (χ4n) is 1.79. The van der Waals surface area contributed by atoms with Gasteiger partial charge in [0.1, 0.15) is 5.60 Å². The molecule has 0 aliphatic carbocycles. The number of hydrogen-bond acceptors (Lipinski definition) is 2. The lowest BCUT2D eigenvalue weighted by Gasteiger charge is -2.35. The number of nitrogens with one attached hydrogen (secondary N) is 1. The summed E-state index contributed by atoms with van der Waals surface area (Å²) < 4.78 is 0. The quantitative estimate of drug-likeness (QED) is 0.565. The molecule has 2 nitrogen and oxygen atoms in total. The van der Waals surface area contributed by atoms with Crippen LogP contribution in [-0.4, -0.2) is 23.8 Å². The van der Waals surface area contributed by atoms with E-state index in [-0.39, 0.29) is 0 Å². The third-order valence-corrected chi connectivity index (χ3v) is 2.58.